The lowest BCUT2D eigenvalue weighted by atomic mass is 10.2. The van der Waals surface area contributed by atoms with Crippen molar-refractivity contribution >= 4 is 16.3 Å². The summed E-state index contributed by atoms with van der Waals surface area (Å²) in [6, 6.07) is 0.225. The summed E-state index contributed by atoms with van der Waals surface area (Å²) in [6.45, 7) is 6.14. The molecule has 0 spiro atoms. The second kappa shape index (κ2) is 7.04. The maximum Gasteiger partial charge on any atom is 0.421 e. The molecule has 0 aromatic rings. The molecule has 0 aromatic heterocycles. The summed E-state index contributed by atoms with van der Waals surface area (Å²) < 4.78 is 31.5. The Hall–Kier alpha value is -0.900. The summed E-state index contributed by atoms with van der Waals surface area (Å²) in [5, 5.41) is 0. The topological polar surface area (TPSA) is 105 Å². The second-order valence-corrected chi connectivity index (χ2v) is 6.02. The first-order valence-corrected chi connectivity index (χ1v) is 7.73. The highest BCUT2D eigenvalue weighted by atomic mass is 32.2. The van der Waals surface area contributed by atoms with Crippen molar-refractivity contribution in [2.24, 2.45) is 5.73 Å². The van der Waals surface area contributed by atoms with E-state index in [-0.39, 0.29) is 12.6 Å². The van der Waals surface area contributed by atoms with E-state index >= 15 is 0 Å². The van der Waals surface area contributed by atoms with Gasteiger partial charge in [-0.2, -0.15) is 12.7 Å². The van der Waals surface area contributed by atoms with Gasteiger partial charge in [0.05, 0.1) is 6.61 Å². The monoisotopic (exact) mass is 294 g/mol. The van der Waals surface area contributed by atoms with Crippen LogP contribution in [0.4, 0.5) is 4.79 Å². The van der Waals surface area contributed by atoms with E-state index in [1.54, 1.807) is 6.92 Å². The Bertz CT molecular complexity index is 392. The molecule has 0 bridgehead atoms. The number of piperazine rings is 1. The Morgan fingerprint density at radius 3 is 2.42 bits per heavy atom. The fraction of sp³-hybridized carbons (Fsp3) is 0.900. The Morgan fingerprint density at radius 1 is 1.37 bits per heavy atom. The largest absolute Gasteiger partial charge is 0.449 e. The Morgan fingerprint density at radius 2 is 1.95 bits per heavy atom. The molecule has 1 fully saturated rings. The summed E-state index contributed by atoms with van der Waals surface area (Å²) in [6.07, 6.45) is -0.944. The first kappa shape index (κ1) is 16.2. The third kappa shape index (κ3) is 4.60. The van der Waals surface area contributed by atoms with Gasteiger partial charge in [0.25, 0.3) is 0 Å². The zero-order chi connectivity index (χ0) is 14.5. The zero-order valence-corrected chi connectivity index (χ0v) is 12.1. The van der Waals surface area contributed by atoms with Crippen molar-refractivity contribution in [2.75, 3.05) is 39.3 Å². The highest BCUT2D eigenvalue weighted by molar-refractivity contribution is 7.87. The van der Waals surface area contributed by atoms with Crippen LogP contribution < -0.4 is 10.5 Å². The number of nitrogens with zero attached hydrogens (tertiary/aromatic N) is 2. The van der Waals surface area contributed by atoms with Gasteiger partial charge < -0.3 is 10.5 Å². The molecule has 112 valence electrons. The quantitative estimate of drug-likeness (QED) is 0.670. The maximum absolute atomic E-state index is 11.9. The maximum atomic E-state index is 11.9. The van der Waals surface area contributed by atoms with Crippen molar-refractivity contribution < 1.29 is 17.9 Å². The number of carbonyl (C=O) groups excluding carboxylic acids is 1. The lowest BCUT2D eigenvalue weighted by Crippen LogP contribution is -2.55. The van der Waals surface area contributed by atoms with Crippen molar-refractivity contribution in [1.82, 2.24) is 13.9 Å². The molecule has 1 heterocycles. The zero-order valence-electron chi connectivity index (χ0n) is 11.3. The highest BCUT2D eigenvalue weighted by Gasteiger charge is 2.29. The molecule has 1 unspecified atom stereocenters. The molecule has 0 saturated carbocycles. The standard InChI is InChI=1S/C10H22N4O4S/c1-3-18-10(15)12-19(16,17)14-6-4-13(5-7-14)9(2)8-11/h9H,3-8,11H2,1-2H3,(H,12,15). The predicted molar refractivity (Wildman–Crippen MR) is 70.7 cm³/mol. The molecular weight excluding hydrogens is 272 g/mol. The normalized spacial score (nSPS) is 19.9. The average molecular weight is 294 g/mol. The average Bonchev–Trinajstić information content (AvgIpc) is 2.37. The van der Waals surface area contributed by atoms with Crippen molar-refractivity contribution in [3.63, 3.8) is 0 Å². The molecule has 1 saturated heterocycles. The van der Waals surface area contributed by atoms with E-state index in [4.69, 9.17) is 5.73 Å². The third-order valence-corrected chi connectivity index (χ3v) is 4.53. The van der Waals surface area contributed by atoms with Gasteiger partial charge in [0.2, 0.25) is 0 Å². The minimum atomic E-state index is -3.81. The van der Waals surface area contributed by atoms with Crippen LogP contribution in [0.15, 0.2) is 0 Å². The molecule has 8 nitrogen and oxygen atoms in total. The smallest absolute Gasteiger partial charge is 0.421 e. The van der Waals surface area contributed by atoms with Crippen LogP contribution in [0.2, 0.25) is 0 Å². The molecule has 1 amide bonds. The minimum Gasteiger partial charge on any atom is -0.449 e. The predicted octanol–water partition coefficient (Wildman–Crippen LogP) is -1.06. The first-order chi connectivity index (χ1) is 8.90. The van der Waals surface area contributed by atoms with Gasteiger partial charge in [-0.25, -0.2) is 9.52 Å². The second-order valence-electron chi connectivity index (χ2n) is 4.35. The van der Waals surface area contributed by atoms with Gasteiger partial charge in [0, 0.05) is 38.8 Å². The van der Waals surface area contributed by atoms with Gasteiger partial charge in [-0.05, 0) is 13.8 Å². The number of nitrogens with one attached hydrogen (secondary N) is 1. The minimum absolute atomic E-state index is 0.128. The number of hydrogen-bond donors (Lipinski definition) is 2. The van der Waals surface area contributed by atoms with E-state index in [1.165, 1.54) is 4.31 Å². The molecule has 19 heavy (non-hydrogen) atoms. The number of ether oxygens (including phenoxy) is 1. The summed E-state index contributed by atoms with van der Waals surface area (Å²) in [4.78, 5) is 13.3. The van der Waals surface area contributed by atoms with E-state index in [0.717, 1.165) is 0 Å². The van der Waals surface area contributed by atoms with Gasteiger partial charge in [0.1, 0.15) is 0 Å². The Kier molecular flexibility index (Phi) is 5.98. The molecule has 9 heteroatoms. The van der Waals surface area contributed by atoms with Crippen LogP contribution in [0.5, 0.6) is 0 Å². The fourth-order valence-corrected chi connectivity index (χ4v) is 2.91. The number of carbonyl (C=O) groups is 1. The number of hydrogen-bond acceptors (Lipinski definition) is 6. The summed E-state index contributed by atoms with van der Waals surface area (Å²) in [5.41, 5.74) is 5.58. The fourth-order valence-electron chi connectivity index (χ4n) is 1.86. The number of nitrogens with two attached hydrogens (primary N) is 1. The van der Waals surface area contributed by atoms with Gasteiger partial charge in [-0.3, -0.25) is 4.90 Å². The number of amides is 1. The molecule has 1 aliphatic rings. The van der Waals surface area contributed by atoms with Crippen LogP contribution in [-0.4, -0.2) is 69.1 Å². The van der Waals surface area contributed by atoms with E-state index in [2.05, 4.69) is 9.64 Å². The molecule has 3 N–H and O–H groups in total. The van der Waals surface area contributed by atoms with E-state index in [0.29, 0.717) is 32.7 Å². The molecule has 1 atom stereocenters. The van der Waals surface area contributed by atoms with Gasteiger partial charge >= 0.3 is 16.3 Å². The molecular formula is C10H22N4O4S. The lowest BCUT2D eigenvalue weighted by Gasteiger charge is -2.36. The van der Waals surface area contributed by atoms with E-state index < -0.39 is 16.3 Å². The van der Waals surface area contributed by atoms with Crippen LogP contribution in [-0.2, 0) is 14.9 Å². The van der Waals surface area contributed by atoms with Crippen LogP contribution in [0.1, 0.15) is 13.8 Å². The van der Waals surface area contributed by atoms with Crippen molar-refractivity contribution in [3.05, 3.63) is 0 Å². The molecule has 0 aromatic carbocycles. The third-order valence-electron chi connectivity index (χ3n) is 3.07. The molecule has 1 aliphatic heterocycles. The number of rotatable bonds is 5. The van der Waals surface area contributed by atoms with E-state index in [1.807, 2.05) is 11.6 Å². The highest BCUT2D eigenvalue weighted by Crippen LogP contribution is 2.08. The molecule has 1 rings (SSSR count). The van der Waals surface area contributed by atoms with Crippen molar-refractivity contribution in [1.29, 1.82) is 0 Å². The van der Waals surface area contributed by atoms with Gasteiger partial charge in [0.15, 0.2) is 0 Å². The first-order valence-electron chi connectivity index (χ1n) is 6.29. The summed E-state index contributed by atoms with van der Waals surface area (Å²) in [7, 11) is -3.81. The van der Waals surface area contributed by atoms with Gasteiger partial charge in [-0.15, -0.1) is 0 Å². The summed E-state index contributed by atoms with van der Waals surface area (Å²) >= 11 is 0. The Balaban J connectivity index is 2.52. The van der Waals surface area contributed by atoms with Crippen molar-refractivity contribution in [2.45, 2.75) is 19.9 Å². The molecule has 0 radical (unpaired) electrons. The lowest BCUT2D eigenvalue weighted by molar-refractivity contribution is 0.144. The van der Waals surface area contributed by atoms with Crippen LogP contribution in [0.3, 0.4) is 0 Å². The van der Waals surface area contributed by atoms with Crippen LogP contribution in [0, 0.1) is 0 Å². The summed E-state index contributed by atoms with van der Waals surface area (Å²) in [5.74, 6) is 0. The van der Waals surface area contributed by atoms with Crippen molar-refractivity contribution in [3.8, 4) is 0 Å². The van der Waals surface area contributed by atoms with Crippen LogP contribution in [0.25, 0.3) is 0 Å². The Labute approximate surface area is 114 Å². The SMILES string of the molecule is CCOC(=O)NS(=O)(=O)N1CCN(C(C)CN)CC1. The van der Waals surface area contributed by atoms with Crippen LogP contribution >= 0.6 is 0 Å². The molecule has 0 aliphatic carbocycles. The van der Waals surface area contributed by atoms with E-state index in [9.17, 15) is 13.2 Å². The van der Waals surface area contributed by atoms with Gasteiger partial charge in [-0.1, -0.05) is 0 Å².